The van der Waals surface area contributed by atoms with Crippen LogP contribution in [0.25, 0.3) is 17.1 Å². The van der Waals surface area contributed by atoms with Crippen LogP contribution in [0, 0.1) is 6.92 Å². The predicted molar refractivity (Wildman–Crippen MR) is 105 cm³/mol. The molecule has 0 unspecified atom stereocenters. The van der Waals surface area contributed by atoms with Crippen molar-refractivity contribution in [2.45, 2.75) is 6.92 Å². The molecule has 1 aliphatic rings. The van der Waals surface area contributed by atoms with Gasteiger partial charge >= 0.3 is 0 Å². The number of nitrogens with zero attached hydrogens (tertiary/aromatic N) is 2. The van der Waals surface area contributed by atoms with E-state index in [4.69, 9.17) is 4.74 Å². The highest BCUT2D eigenvalue weighted by Crippen LogP contribution is 2.31. The summed E-state index contributed by atoms with van der Waals surface area (Å²) in [5, 5.41) is 4.36. The molecule has 26 heavy (non-hydrogen) atoms. The van der Waals surface area contributed by atoms with Crippen molar-refractivity contribution in [3.8, 4) is 5.75 Å². The number of amidine groups is 1. The van der Waals surface area contributed by atoms with Gasteiger partial charge in [0.05, 0.1) is 17.7 Å². The molecule has 2 N–H and O–H groups in total. The number of methoxy groups -OCH3 is 1. The maximum absolute atomic E-state index is 12.3. The molecule has 0 saturated carbocycles. The molecule has 1 amide bonds. The number of rotatable bonds is 3. The van der Waals surface area contributed by atoms with Crippen molar-refractivity contribution in [3.63, 3.8) is 0 Å². The summed E-state index contributed by atoms with van der Waals surface area (Å²) in [6, 6.07) is 9.48. The highest BCUT2D eigenvalue weighted by atomic mass is 32.2. The van der Waals surface area contributed by atoms with E-state index >= 15 is 0 Å². The smallest absolute Gasteiger partial charge is 0.264 e. The minimum atomic E-state index is -0.154. The van der Waals surface area contributed by atoms with Gasteiger partial charge in [-0.15, -0.1) is 0 Å². The summed E-state index contributed by atoms with van der Waals surface area (Å²) < 4.78 is 5.21. The second-order valence-corrected chi connectivity index (χ2v) is 6.81. The van der Waals surface area contributed by atoms with Gasteiger partial charge in [0.1, 0.15) is 11.4 Å². The molecule has 3 heterocycles. The molecule has 0 bridgehead atoms. The maximum Gasteiger partial charge on any atom is 0.264 e. The van der Waals surface area contributed by atoms with Gasteiger partial charge in [-0.1, -0.05) is 0 Å². The van der Waals surface area contributed by atoms with E-state index in [1.54, 1.807) is 13.3 Å². The highest BCUT2D eigenvalue weighted by molar-refractivity contribution is 8.18. The number of nitrogens with one attached hydrogen (secondary N) is 2. The molecule has 1 saturated heterocycles. The SMILES string of the molecule is COc1ccc(N=C2NC(=O)C(=Cc3c[nH]c4ncccc34)S2)c(C)c1. The lowest BCUT2D eigenvalue weighted by molar-refractivity contribution is -0.115. The number of hydrogen-bond donors (Lipinski definition) is 2. The van der Waals surface area contributed by atoms with Gasteiger partial charge in [0.25, 0.3) is 5.91 Å². The van der Waals surface area contributed by atoms with Crippen molar-refractivity contribution >= 4 is 45.6 Å². The van der Waals surface area contributed by atoms with Gasteiger partial charge in [-0.2, -0.15) is 0 Å². The first-order valence-corrected chi connectivity index (χ1v) is 8.82. The molecule has 2 aromatic heterocycles. The summed E-state index contributed by atoms with van der Waals surface area (Å²) in [4.78, 5) is 24.8. The minimum absolute atomic E-state index is 0.154. The standard InChI is InChI=1S/C19H16N4O2S/c1-11-8-13(25-2)5-6-15(11)22-19-23-18(24)16(26-19)9-12-10-21-17-14(12)4-3-7-20-17/h3-10H,1-2H3,(H,20,21)(H,22,23,24). The molecular formula is C19H16N4O2S. The fraction of sp³-hybridized carbons (Fsp3) is 0.105. The maximum atomic E-state index is 12.3. The molecule has 130 valence electrons. The van der Waals surface area contributed by atoms with Crippen molar-refractivity contribution in [2.24, 2.45) is 4.99 Å². The molecule has 0 aliphatic carbocycles. The number of fused-ring (bicyclic) bond motifs is 1. The predicted octanol–water partition coefficient (Wildman–Crippen LogP) is 3.77. The van der Waals surface area contributed by atoms with Crippen LogP contribution in [0.1, 0.15) is 11.1 Å². The number of benzene rings is 1. The second kappa shape index (κ2) is 6.68. The molecule has 1 aromatic carbocycles. The van der Waals surface area contributed by atoms with Gasteiger partial charge in [-0.3, -0.25) is 4.79 Å². The Bertz CT molecular complexity index is 1070. The van der Waals surface area contributed by atoms with Crippen LogP contribution in [-0.4, -0.2) is 28.2 Å². The number of H-pyrrole nitrogens is 1. The first-order chi connectivity index (χ1) is 12.6. The number of ether oxygens (including phenoxy) is 1. The molecule has 1 fully saturated rings. The fourth-order valence-corrected chi connectivity index (χ4v) is 3.53. The van der Waals surface area contributed by atoms with Gasteiger partial charge in [0, 0.05) is 23.3 Å². The van der Waals surface area contributed by atoms with E-state index in [0.29, 0.717) is 10.1 Å². The van der Waals surface area contributed by atoms with Gasteiger partial charge in [-0.05, 0) is 60.7 Å². The number of hydrogen-bond acceptors (Lipinski definition) is 5. The number of carbonyl (C=O) groups is 1. The Hall–Kier alpha value is -3.06. The third kappa shape index (κ3) is 3.09. The number of aromatic nitrogens is 2. The second-order valence-electron chi connectivity index (χ2n) is 5.78. The van der Waals surface area contributed by atoms with E-state index in [-0.39, 0.29) is 5.91 Å². The van der Waals surface area contributed by atoms with Crippen LogP contribution in [0.3, 0.4) is 0 Å². The van der Waals surface area contributed by atoms with Gasteiger partial charge < -0.3 is 15.0 Å². The van der Waals surface area contributed by atoms with E-state index in [2.05, 4.69) is 20.3 Å². The molecule has 7 heteroatoms. The number of carbonyl (C=O) groups excluding carboxylic acids is 1. The van der Waals surface area contributed by atoms with Gasteiger partial charge in [-0.25, -0.2) is 9.98 Å². The average Bonchev–Trinajstić information content (AvgIpc) is 3.21. The van der Waals surface area contributed by atoms with Crippen LogP contribution in [0.4, 0.5) is 5.69 Å². The van der Waals surface area contributed by atoms with E-state index in [1.807, 2.05) is 49.5 Å². The first kappa shape index (κ1) is 16.4. The number of amides is 1. The summed E-state index contributed by atoms with van der Waals surface area (Å²) in [6.07, 6.45) is 5.43. The van der Waals surface area contributed by atoms with E-state index in [9.17, 15) is 4.79 Å². The topological polar surface area (TPSA) is 79.4 Å². The zero-order valence-corrected chi connectivity index (χ0v) is 15.1. The third-order valence-corrected chi connectivity index (χ3v) is 4.96. The molecular weight excluding hydrogens is 348 g/mol. The number of aromatic amines is 1. The monoisotopic (exact) mass is 364 g/mol. The third-order valence-electron chi connectivity index (χ3n) is 4.05. The lowest BCUT2D eigenvalue weighted by atomic mass is 10.2. The van der Waals surface area contributed by atoms with E-state index in [1.165, 1.54) is 11.8 Å². The number of pyridine rings is 1. The lowest BCUT2D eigenvalue weighted by Crippen LogP contribution is -2.19. The number of thioether (sulfide) groups is 1. The van der Waals surface area contributed by atoms with Crippen molar-refractivity contribution in [3.05, 3.63) is 58.8 Å². The van der Waals surface area contributed by atoms with Gasteiger partial charge in [0.2, 0.25) is 0 Å². The molecule has 6 nitrogen and oxygen atoms in total. The zero-order chi connectivity index (χ0) is 18.1. The van der Waals surface area contributed by atoms with E-state index in [0.717, 1.165) is 33.6 Å². The highest BCUT2D eigenvalue weighted by Gasteiger charge is 2.24. The molecule has 1 aliphatic heterocycles. The zero-order valence-electron chi connectivity index (χ0n) is 14.2. The van der Waals surface area contributed by atoms with Gasteiger partial charge in [0.15, 0.2) is 5.17 Å². The van der Waals surface area contributed by atoms with Crippen molar-refractivity contribution in [1.29, 1.82) is 0 Å². The van der Waals surface area contributed by atoms with Crippen LogP contribution >= 0.6 is 11.8 Å². The molecule has 3 aromatic rings. The van der Waals surface area contributed by atoms with Crippen LogP contribution in [0.15, 0.2) is 52.6 Å². The Morgan fingerprint density at radius 2 is 2.19 bits per heavy atom. The number of aliphatic imine (C=N–C) groups is 1. The van der Waals surface area contributed by atoms with Crippen molar-refractivity contribution in [2.75, 3.05) is 7.11 Å². The summed E-state index contributed by atoms with van der Waals surface area (Å²) >= 11 is 1.32. The summed E-state index contributed by atoms with van der Waals surface area (Å²) in [5.74, 6) is 0.626. The Kier molecular flexibility index (Phi) is 4.22. The Labute approximate surface area is 154 Å². The number of aryl methyl sites for hydroxylation is 1. The first-order valence-electron chi connectivity index (χ1n) is 8.00. The van der Waals surface area contributed by atoms with Crippen LogP contribution in [0.2, 0.25) is 0 Å². The average molecular weight is 364 g/mol. The Morgan fingerprint density at radius 3 is 3.00 bits per heavy atom. The molecule has 0 atom stereocenters. The van der Waals surface area contributed by atoms with Crippen molar-refractivity contribution < 1.29 is 9.53 Å². The summed E-state index contributed by atoms with van der Waals surface area (Å²) in [7, 11) is 1.63. The molecule has 0 spiro atoms. The van der Waals surface area contributed by atoms with Crippen LogP contribution < -0.4 is 10.1 Å². The Balaban J connectivity index is 1.63. The minimum Gasteiger partial charge on any atom is -0.497 e. The van der Waals surface area contributed by atoms with E-state index < -0.39 is 0 Å². The molecule has 4 rings (SSSR count). The van der Waals surface area contributed by atoms with Crippen molar-refractivity contribution in [1.82, 2.24) is 15.3 Å². The van der Waals surface area contributed by atoms with Crippen LogP contribution in [-0.2, 0) is 4.79 Å². The summed E-state index contributed by atoms with van der Waals surface area (Å²) in [5.41, 5.74) is 3.50. The fourth-order valence-electron chi connectivity index (χ4n) is 2.71. The van der Waals surface area contributed by atoms with Crippen LogP contribution in [0.5, 0.6) is 5.75 Å². The molecule has 0 radical (unpaired) electrons. The normalized spacial score (nSPS) is 17.2. The quantitative estimate of drug-likeness (QED) is 0.694. The Morgan fingerprint density at radius 1 is 1.31 bits per heavy atom. The largest absolute Gasteiger partial charge is 0.497 e. The lowest BCUT2D eigenvalue weighted by Gasteiger charge is -2.04. The summed E-state index contributed by atoms with van der Waals surface area (Å²) in [6.45, 7) is 1.96.